The Hall–Kier alpha value is -1.20. The van der Waals surface area contributed by atoms with Gasteiger partial charge in [-0.1, -0.05) is 6.07 Å². The van der Waals surface area contributed by atoms with Crippen LogP contribution in [0.2, 0.25) is 0 Å². The molecular formula is C7H6N2O2S. The Morgan fingerprint density at radius 2 is 2.33 bits per heavy atom. The topological polar surface area (TPSA) is 54.6 Å². The maximum atomic E-state index is 10.7. The van der Waals surface area contributed by atoms with Gasteiger partial charge in [0.2, 0.25) is 11.1 Å². The van der Waals surface area contributed by atoms with E-state index in [9.17, 15) is 4.21 Å². The van der Waals surface area contributed by atoms with E-state index in [-0.39, 0.29) is 0 Å². The lowest BCUT2D eigenvalue weighted by Gasteiger charge is -1.94. The standard InChI is InChI=1S/C7H6N2O2S/c10-12(11)7-5-8-6-3-1-2-4-9(6)7/h1-5H,(H,10,11). The van der Waals surface area contributed by atoms with Crippen LogP contribution in [0, 0.1) is 0 Å². The predicted octanol–water partition coefficient (Wildman–Crippen LogP) is 0.915. The number of fused-ring (bicyclic) bond motifs is 1. The summed E-state index contributed by atoms with van der Waals surface area (Å²) in [6, 6.07) is 5.38. The van der Waals surface area contributed by atoms with Crippen LogP contribution in [0.3, 0.4) is 0 Å². The molecule has 0 aromatic carbocycles. The highest BCUT2D eigenvalue weighted by atomic mass is 32.2. The van der Waals surface area contributed by atoms with E-state index in [2.05, 4.69) is 4.98 Å². The molecule has 2 aromatic rings. The second-order valence-electron chi connectivity index (χ2n) is 2.27. The van der Waals surface area contributed by atoms with Crippen molar-refractivity contribution in [3.8, 4) is 0 Å². The van der Waals surface area contributed by atoms with Crippen molar-refractivity contribution in [1.29, 1.82) is 0 Å². The number of aromatic nitrogens is 2. The SMILES string of the molecule is O=S(O)c1cnc2ccccn12. The van der Waals surface area contributed by atoms with E-state index in [1.807, 2.05) is 6.07 Å². The molecule has 0 spiro atoms. The summed E-state index contributed by atoms with van der Waals surface area (Å²) in [5.74, 6) is 0. The molecule has 4 nitrogen and oxygen atoms in total. The lowest BCUT2D eigenvalue weighted by Crippen LogP contribution is -1.93. The van der Waals surface area contributed by atoms with Crippen molar-refractivity contribution in [2.24, 2.45) is 0 Å². The molecule has 2 aromatic heterocycles. The van der Waals surface area contributed by atoms with Crippen LogP contribution in [0.25, 0.3) is 5.65 Å². The van der Waals surface area contributed by atoms with Gasteiger partial charge in [0, 0.05) is 6.20 Å². The average molecular weight is 182 g/mol. The van der Waals surface area contributed by atoms with Gasteiger partial charge in [0.15, 0.2) is 5.03 Å². The minimum atomic E-state index is -1.97. The molecular weight excluding hydrogens is 176 g/mol. The Bertz CT molecular complexity index is 438. The maximum Gasteiger partial charge on any atom is 0.205 e. The normalized spacial score (nSPS) is 13.4. The molecule has 1 unspecified atom stereocenters. The fourth-order valence-electron chi connectivity index (χ4n) is 1.04. The van der Waals surface area contributed by atoms with Crippen LogP contribution in [0.1, 0.15) is 0 Å². The Morgan fingerprint density at radius 3 is 3.08 bits per heavy atom. The van der Waals surface area contributed by atoms with Gasteiger partial charge in [0.1, 0.15) is 5.65 Å². The van der Waals surface area contributed by atoms with Crippen molar-refractivity contribution >= 4 is 16.7 Å². The minimum absolute atomic E-state index is 0.297. The molecule has 0 amide bonds. The largest absolute Gasteiger partial charge is 0.301 e. The summed E-state index contributed by atoms with van der Waals surface area (Å²) < 4.78 is 21.1. The predicted molar refractivity (Wildman–Crippen MR) is 44.2 cm³/mol. The smallest absolute Gasteiger partial charge is 0.205 e. The van der Waals surface area contributed by atoms with E-state index in [1.54, 1.807) is 22.7 Å². The second-order valence-corrected chi connectivity index (χ2v) is 3.19. The Labute approximate surface area is 71.1 Å². The van der Waals surface area contributed by atoms with E-state index in [0.717, 1.165) is 0 Å². The van der Waals surface area contributed by atoms with Crippen LogP contribution >= 0.6 is 0 Å². The quantitative estimate of drug-likeness (QED) is 0.667. The van der Waals surface area contributed by atoms with E-state index >= 15 is 0 Å². The number of hydrogen-bond acceptors (Lipinski definition) is 2. The van der Waals surface area contributed by atoms with Gasteiger partial charge in [-0.05, 0) is 12.1 Å². The van der Waals surface area contributed by atoms with E-state index in [0.29, 0.717) is 10.7 Å². The highest BCUT2D eigenvalue weighted by Gasteiger charge is 2.05. The van der Waals surface area contributed by atoms with Crippen LogP contribution in [-0.2, 0) is 11.1 Å². The Morgan fingerprint density at radius 1 is 1.50 bits per heavy atom. The highest BCUT2D eigenvalue weighted by molar-refractivity contribution is 7.79. The maximum absolute atomic E-state index is 10.7. The third kappa shape index (κ3) is 1.03. The summed E-state index contributed by atoms with van der Waals surface area (Å²) >= 11 is -1.97. The lowest BCUT2D eigenvalue weighted by molar-refractivity contribution is 0.559. The molecule has 0 aliphatic rings. The summed E-state index contributed by atoms with van der Waals surface area (Å²) in [5, 5.41) is 0.297. The molecule has 1 atom stereocenters. The molecule has 0 saturated carbocycles. The third-order valence-electron chi connectivity index (χ3n) is 1.56. The molecule has 0 radical (unpaired) electrons. The summed E-state index contributed by atoms with van der Waals surface area (Å²) in [6.07, 6.45) is 3.09. The van der Waals surface area contributed by atoms with Crippen LogP contribution in [-0.4, -0.2) is 18.1 Å². The molecule has 0 fully saturated rings. The summed E-state index contributed by atoms with van der Waals surface area (Å²) in [4.78, 5) is 3.95. The molecule has 12 heavy (non-hydrogen) atoms. The summed E-state index contributed by atoms with van der Waals surface area (Å²) in [7, 11) is 0. The van der Waals surface area contributed by atoms with E-state index < -0.39 is 11.1 Å². The molecule has 0 aliphatic carbocycles. The first-order valence-electron chi connectivity index (χ1n) is 3.32. The van der Waals surface area contributed by atoms with Gasteiger partial charge in [0.25, 0.3) is 0 Å². The molecule has 2 rings (SSSR count). The molecule has 0 aliphatic heterocycles. The number of imidazole rings is 1. The van der Waals surface area contributed by atoms with Crippen LogP contribution in [0.4, 0.5) is 0 Å². The summed E-state index contributed by atoms with van der Waals surface area (Å²) in [6.45, 7) is 0. The van der Waals surface area contributed by atoms with E-state index in [4.69, 9.17) is 4.55 Å². The zero-order valence-corrected chi connectivity index (χ0v) is 6.86. The van der Waals surface area contributed by atoms with Gasteiger partial charge in [-0.25, -0.2) is 9.19 Å². The molecule has 62 valence electrons. The fraction of sp³-hybridized carbons (Fsp3) is 0. The van der Waals surface area contributed by atoms with Crippen LogP contribution in [0.5, 0.6) is 0 Å². The van der Waals surface area contributed by atoms with Crippen molar-refractivity contribution in [2.75, 3.05) is 0 Å². The van der Waals surface area contributed by atoms with Crippen molar-refractivity contribution in [2.45, 2.75) is 5.03 Å². The Kier molecular flexibility index (Phi) is 1.67. The number of nitrogens with zero attached hydrogens (tertiary/aromatic N) is 2. The van der Waals surface area contributed by atoms with Crippen molar-refractivity contribution in [3.05, 3.63) is 30.6 Å². The first kappa shape index (κ1) is 7.45. The number of rotatable bonds is 1. The molecule has 2 heterocycles. The van der Waals surface area contributed by atoms with Crippen molar-refractivity contribution in [1.82, 2.24) is 9.38 Å². The number of hydrogen-bond donors (Lipinski definition) is 1. The van der Waals surface area contributed by atoms with Gasteiger partial charge in [0.05, 0.1) is 6.20 Å². The molecule has 1 N–H and O–H groups in total. The lowest BCUT2D eigenvalue weighted by atomic mass is 10.5. The van der Waals surface area contributed by atoms with Crippen LogP contribution in [0.15, 0.2) is 35.6 Å². The van der Waals surface area contributed by atoms with E-state index in [1.165, 1.54) is 6.20 Å². The van der Waals surface area contributed by atoms with Gasteiger partial charge in [-0.3, -0.25) is 4.40 Å². The third-order valence-corrected chi connectivity index (χ3v) is 2.22. The van der Waals surface area contributed by atoms with Gasteiger partial charge < -0.3 is 4.55 Å². The molecule has 0 saturated heterocycles. The van der Waals surface area contributed by atoms with Gasteiger partial charge in [-0.2, -0.15) is 0 Å². The molecule has 5 heteroatoms. The van der Waals surface area contributed by atoms with Crippen molar-refractivity contribution in [3.63, 3.8) is 0 Å². The minimum Gasteiger partial charge on any atom is -0.301 e. The second kappa shape index (κ2) is 2.69. The number of pyridine rings is 1. The fourth-order valence-corrected chi connectivity index (χ4v) is 1.50. The van der Waals surface area contributed by atoms with Gasteiger partial charge in [-0.15, -0.1) is 0 Å². The van der Waals surface area contributed by atoms with Crippen LogP contribution < -0.4 is 0 Å². The first-order chi connectivity index (χ1) is 5.79. The monoisotopic (exact) mass is 182 g/mol. The average Bonchev–Trinajstić information content (AvgIpc) is 2.47. The molecule has 0 bridgehead atoms. The zero-order chi connectivity index (χ0) is 8.55. The summed E-state index contributed by atoms with van der Waals surface area (Å²) in [5.41, 5.74) is 0.676. The van der Waals surface area contributed by atoms with Gasteiger partial charge >= 0.3 is 0 Å². The first-order valence-corrected chi connectivity index (χ1v) is 4.42. The Balaban J connectivity index is 2.79. The van der Waals surface area contributed by atoms with Crippen molar-refractivity contribution < 1.29 is 8.76 Å². The zero-order valence-electron chi connectivity index (χ0n) is 6.04. The highest BCUT2D eigenvalue weighted by Crippen LogP contribution is 2.08.